The molecule has 4 rings (SSSR count). The van der Waals surface area contributed by atoms with E-state index in [1.54, 1.807) is 24.6 Å². The molecule has 0 saturated carbocycles. The van der Waals surface area contributed by atoms with E-state index in [4.69, 9.17) is 19.2 Å². The number of rotatable bonds is 6. The number of methoxy groups -OCH3 is 1. The Bertz CT molecular complexity index is 1250. The first-order valence-electron chi connectivity index (χ1n) is 9.43. The predicted octanol–water partition coefficient (Wildman–Crippen LogP) is 4.47. The standard InChI is InChI=1S/C22H21N3O4S/c1-12-7-16(21-17(8-12)24-19(27-4)11-23-21)22-25-20-13(2)9-15(10-18(20)30-22)29-6-5-28-14(3)26/h7-11H,5-6H2,1-4H3. The van der Waals surface area contributed by atoms with Gasteiger partial charge in [0.15, 0.2) is 0 Å². The maximum atomic E-state index is 10.9. The van der Waals surface area contributed by atoms with Crippen LogP contribution in [0.4, 0.5) is 0 Å². The van der Waals surface area contributed by atoms with Gasteiger partial charge in [0, 0.05) is 12.5 Å². The van der Waals surface area contributed by atoms with Gasteiger partial charge in [-0.15, -0.1) is 11.3 Å². The summed E-state index contributed by atoms with van der Waals surface area (Å²) in [7, 11) is 1.58. The fraction of sp³-hybridized carbons (Fsp3) is 0.273. The molecule has 0 radical (unpaired) electrons. The van der Waals surface area contributed by atoms with Gasteiger partial charge in [-0.3, -0.25) is 4.79 Å². The Hall–Kier alpha value is -3.26. The number of nitrogens with zero attached hydrogens (tertiary/aromatic N) is 3. The summed E-state index contributed by atoms with van der Waals surface area (Å²) in [5.74, 6) is 0.888. The average Bonchev–Trinajstić information content (AvgIpc) is 3.14. The van der Waals surface area contributed by atoms with Crippen molar-refractivity contribution in [2.24, 2.45) is 0 Å². The second-order valence-corrected chi connectivity index (χ2v) is 7.92. The van der Waals surface area contributed by atoms with Crippen molar-refractivity contribution in [2.45, 2.75) is 20.8 Å². The highest BCUT2D eigenvalue weighted by atomic mass is 32.1. The summed E-state index contributed by atoms with van der Waals surface area (Å²) >= 11 is 1.58. The first-order valence-corrected chi connectivity index (χ1v) is 10.3. The minimum Gasteiger partial charge on any atom is -0.490 e. The summed E-state index contributed by atoms with van der Waals surface area (Å²) in [6.45, 7) is 5.93. The van der Waals surface area contributed by atoms with Gasteiger partial charge in [0.05, 0.1) is 34.6 Å². The smallest absolute Gasteiger partial charge is 0.302 e. The largest absolute Gasteiger partial charge is 0.490 e. The minimum atomic E-state index is -0.316. The highest BCUT2D eigenvalue weighted by molar-refractivity contribution is 7.21. The molecule has 0 N–H and O–H groups in total. The molecule has 0 aliphatic carbocycles. The van der Waals surface area contributed by atoms with Crippen LogP contribution in [0.1, 0.15) is 18.1 Å². The lowest BCUT2D eigenvalue weighted by Gasteiger charge is -2.07. The van der Waals surface area contributed by atoms with E-state index in [1.165, 1.54) is 6.92 Å². The normalized spacial score (nSPS) is 11.1. The maximum absolute atomic E-state index is 10.9. The Morgan fingerprint density at radius 1 is 1.07 bits per heavy atom. The van der Waals surface area contributed by atoms with Gasteiger partial charge < -0.3 is 14.2 Å². The molecule has 0 saturated heterocycles. The molecule has 4 aromatic rings. The molecule has 0 spiro atoms. The van der Waals surface area contributed by atoms with Crippen molar-refractivity contribution in [3.63, 3.8) is 0 Å². The number of carbonyl (C=O) groups is 1. The molecule has 0 bridgehead atoms. The summed E-state index contributed by atoms with van der Waals surface area (Å²) in [6.07, 6.45) is 1.62. The molecular formula is C22H21N3O4S. The summed E-state index contributed by atoms with van der Waals surface area (Å²) in [5, 5.41) is 0.873. The van der Waals surface area contributed by atoms with Gasteiger partial charge in [-0.05, 0) is 49.2 Å². The van der Waals surface area contributed by atoms with E-state index in [-0.39, 0.29) is 12.6 Å². The number of aromatic nitrogens is 3. The highest BCUT2D eigenvalue weighted by Gasteiger charge is 2.15. The van der Waals surface area contributed by atoms with Gasteiger partial charge >= 0.3 is 5.97 Å². The number of carbonyl (C=O) groups excluding carboxylic acids is 1. The monoisotopic (exact) mass is 423 g/mol. The molecule has 0 fully saturated rings. The van der Waals surface area contributed by atoms with Crippen LogP contribution in [-0.4, -0.2) is 41.2 Å². The molecule has 2 aromatic heterocycles. The lowest BCUT2D eigenvalue weighted by atomic mass is 10.1. The van der Waals surface area contributed by atoms with E-state index in [9.17, 15) is 4.79 Å². The Kier molecular flexibility index (Phi) is 5.50. The van der Waals surface area contributed by atoms with E-state index in [0.717, 1.165) is 48.7 Å². The van der Waals surface area contributed by atoms with Crippen molar-refractivity contribution in [3.8, 4) is 22.2 Å². The maximum Gasteiger partial charge on any atom is 0.302 e. The Morgan fingerprint density at radius 3 is 2.67 bits per heavy atom. The molecule has 0 atom stereocenters. The number of hydrogen-bond donors (Lipinski definition) is 0. The minimum absolute atomic E-state index is 0.220. The third-order valence-electron chi connectivity index (χ3n) is 4.52. The first-order chi connectivity index (χ1) is 14.4. The molecule has 0 aliphatic rings. The number of fused-ring (bicyclic) bond motifs is 2. The number of aryl methyl sites for hydroxylation is 2. The van der Waals surface area contributed by atoms with Crippen molar-refractivity contribution < 1.29 is 19.0 Å². The molecule has 30 heavy (non-hydrogen) atoms. The molecule has 0 aliphatic heterocycles. The Morgan fingerprint density at radius 2 is 1.90 bits per heavy atom. The van der Waals surface area contributed by atoms with Gasteiger partial charge in [0.25, 0.3) is 0 Å². The van der Waals surface area contributed by atoms with Crippen LogP contribution >= 0.6 is 11.3 Å². The van der Waals surface area contributed by atoms with Crippen LogP contribution in [0, 0.1) is 13.8 Å². The van der Waals surface area contributed by atoms with Crippen LogP contribution in [-0.2, 0) is 9.53 Å². The van der Waals surface area contributed by atoms with E-state index >= 15 is 0 Å². The summed E-state index contributed by atoms with van der Waals surface area (Å²) in [5.41, 5.74) is 5.52. The van der Waals surface area contributed by atoms with Crippen molar-refractivity contribution in [1.29, 1.82) is 0 Å². The predicted molar refractivity (Wildman–Crippen MR) is 116 cm³/mol. The number of esters is 1. The van der Waals surface area contributed by atoms with Crippen LogP contribution in [0.15, 0.2) is 30.5 Å². The second-order valence-electron chi connectivity index (χ2n) is 6.89. The number of benzene rings is 2. The van der Waals surface area contributed by atoms with E-state index in [1.807, 2.05) is 32.0 Å². The van der Waals surface area contributed by atoms with Crippen molar-refractivity contribution in [2.75, 3.05) is 20.3 Å². The van der Waals surface area contributed by atoms with Gasteiger partial charge in [-0.25, -0.2) is 15.0 Å². The van der Waals surface area contributed by atoms with Crippen molar-refractivity contribution >= 4 is 38.6 Å². The zero-order valence-corrected chi connectivity index (χ0v) is 18.0. The van der Waals surface area contributed by atoms with E-state index < -0.39 is 0 Å². The fourth-order valence-corrected chi connectivity index (χ4v) is 4.31. The fourth-order valence-electron chi connectivity index (χ4n) is 3.22. The first kappa shape index (κ1) is 20.0. The van der Waals surface area contributed by atoms with Crippen molar-refractivity contribution in [3.05, 3.63) is 41.6 Å². The molecule has 0 unspecified atom stereocenters. The molecule has 2 aromatic carbocycles. The second kappa shape index (κ2) is 8.23. The topological polar surface area (TPSA) is 83.4 Å². The average molecular weight is 423 g/mol. The molecular weight excluding hydrogens is 402 g/mol. The van der Waals surface area contributed by atoms with Crippen LogP contribution in [0.25, 0.3) is 31.8 Å². The molecule has 2 heterocycles. The Labute approximate surface area is 177 Å². The van der Waals surface area contributed by atoms with Crippen LogP contribution in [0.3, 0.4) is 0 Å². The van der Waals surface area contributed by atoms with Gasteiger partial charge in [0.2, 0.25) is 5.88 Å². The number of ether oxygens (including phenoxy) is 3. The van der Waals surface area contributed by atoms with E-state index in [0.29, 0.717) is 12.5 Å². The highest BCUT2D eigenvalue weighted by Crippen LogP contribution is 2.37. The lowest BCUT2D eigenvalue weighted by Crippen LogP contribution is -2.09. The van der Waals surface area contributed by atoms with Crippen LogP contribution < -0.4 is 9.47 Å². The SMILES string of the molecule is COc1cnc2c(-c3nc4c(C)cc(OCCOC(C)=O)cc4s3)cc(C)cc2n1. The molecule has 8 heteroatoms. The third kappa shape index (κ3) is 4.04. The van der Waals surface area contributed by atoms with Crippen LogP contribution in [0.2, 0.25) is 0 Å². The molecule has 154 valence electrons. The van der Waals surface area contributed by atoms with Gasteiger partial charge in [-0.2, -0.15) is 0 Å². The third-order valence-corrected chi connectivity index (χ3v) is 5.56. The molecule has 7 nitrogen and oxygen atoms in total. The Balaban J connectivity index is 1.72. The number of hydrogen-bond acceptors (Lipinski definition) is 8. The van der Waals surface area contributed by atoms with E-state index in [2.05, 4.69) is 16.0 Å². The summed E-state index contributed by atoms with van der Waals surface area (Å²) < 4.78 is 16.9. The van der Waals surface area contributed by atoms with Crippen LogP contribution in [0.5, 0.6) is 11.6 Å². The molecule has 0 amide bonds. The lowest BCUT2D eigenvalue weighted by molar-refractivity contribution is -0.141. The zero-order chi connectivity index (χ0) is 21.3. The van der Waals surface area contributed by atoms with Gasteiger partial charge in [-0.1, -0.05) is 0 Å². The summed E-state index contributed by atoms with van der Waals surface area (Å²) in [6, 6.07) is 7.97. The zero-order valence-electron chi connectivity index (χ0n) is 17.2. The quantitative estimate of drug-likeness (QED) is 0.334. The van der Waals surface area contributed by atoms with Gasteiger partial charge in [0.1, 0.15) is 24.0 Å². The van der Waals surface area contributed by atoms with Crippen molar-refractivity contribution in [1.82, 2.24) is 15.0 Å². The number of thiazole rings is 1. The summed E-state index contributed by atoms with van der Waals surface area (Å²) in [4.78, 5) is 24.8.